The van der Waals surface area contributed by atoms with Crippen LogP contribution in [0.25, 0.3) is 0 Å². The van der Waals surface area contributed by atoms with Gasteiger partial charge in [0.1, 0.15) is 6.54 Å². The Bertz CT molecular complexity index is 331. The van der Waals surface area contributed by atoms with Gasteiger partial charge in [0.05, 0.1) is 13.2 Å². The molecule has 0 fully saturated rings. The molecule has 0 bridgehead atoms. The van der Waals surface area contributed by atoms with Gasteiger partial charge in [-0.2, -0.15) is 0 Å². The van der Waals surface area contributed by atoms with Gasteiger partial charge in [-0.15, -0.1) is 0 Å². The van der Waals surface area contributed by atoms with Crippen LogP contribution in [0.5, 0.6) is 0 Å². The maximum Gasteiger partial charge on any atom is 0.325 e. The smallest absolute Gasteiger partial charge is 0.325 e. The molecule has 0 spiro atoms. The number of hydrogen-bond acceptors (Lipinski definition) is 5. The molecule has 7 heteroatoms. The second-order valence-corrected chi connectivity index (χ2v) is 4.80. The van der Waals surface area contributed by atoms with E-state index in [-0.39, 0.29) is 50.0 Å². The average molecular weight is 288 g/mol. The highest BCUT2D eigenvalue weighted by atomic mass is 16.5. The summed E-state index contributed by atoms with van der Waals surface area (Å²) in [6.07, 6.45) is 0.390. The van der Waals surface area contributed by atoms with Crippen molar-refractivity contribution in [3.05, 3.63) is 0 Å². The zero-order valence-corrected chi connectivity index (χ0v) is 12.3. The Morgan fingerprint density at radius 1 is 1.10 bits per heavy atom. The first kappa shape index (κ1) is 18.4. The molecule has 3 N–H and O–H groups in total. The number of carbonyl (C=O) groups excluding carboxylic acids is 3. The van der Waals surface area contributed by atoms with Crippen molar-refractivity contribution >= 4 is 17.8 Å². The van der Waals surface area contributed by atoms with Crippen LogP contribution >= 0.6 is 0 Å². The quantitative estimate of drug-likeness (QED) is 0.493. The highest BCUT2D eigenvalue weighted by Crippen LogP contribution is 2.02. The summed E-state index contributed by atoms with van der Waals surface area (Å²) in [6, 6.07) is 0. The summed E-state index contributed by atoms with van der Waals surface area (Å²) in [5, 5.41) is 13.6. The van der Waals surface area contributed by atoms with Gasteiger partial charge in [-0.1, -0.05) is 20.8 Å². The van der Waals surface area contributed by atoms with Crippen LogP contribution in [0.2, 0.25) is 0 Å². The van der Waals surface area contributed by atoms with Crippen LogP contribution in [-0.2, 0) is 19.1 Å². The van der Waals surface area contributed by atoms with Gasteiger partial charge in [-0.3, -0.25) is 14.4 Å². The van der Waals surface area contributed by atoms with E-state index < -0.39 is 5.97 Å². The van der Waals surface area contributed by atoms with Crippen molar-refractivity contribution in [2.24, 2.45) is 11.8 Å². The maximum atomic E-state index is 11.4. The lowest BCUT2D eigenvalue weighted by Crippen LogP contribution is -2.34. The number of rotatable bonds is 9. The minimum Gasteiger partial charge on any atom is -0.464 e. The van der Waals surface area contributed by atoms with Crippen LogP contribution in [0.1, 0.15) is 27.2 Å². The van der Waals surface area contributed by atoms with E-state index in [2.05, 4.69) is 10.6 Å². The van der Waals surface area contributed by atoms with Crippen LogP contribution in [-0.4, -0.2) is 49.2 Å². The molecule has 20 heavy (non-hydrogen) atoms. The van der Waals surface area contributed by atoms with Crippen LogP contribution < -0.4 is 10.6 Å². The molecule has 0 saturated carbocycles. The third-order valence-corrected chi connectivity index (χ3v) is 2.60. The van der Waals surface area contributed by atoms with Gasteiger partial charge >= 0.3 is 5.97 Å². The number of nitrogens with one attached hydrogen (secondary N) is 2. The first-order valence-corrected chi connectivity index (χ1v) is 6.70. The highest BCUT2D eigenvalue weighted by molar-refractivity contribution is 5.83. The Hall–Kier alpha value is -1.63. The monoisotopic (exact) mass is 288 g/mol. The fourth-order valence-corrected chi connectivity index (χ4v) is 1.25. The normalized spacial score (nSPS) is 11.8. The molecule has 116 valence electrons. The van der Waals surface area contributed by atoms with Gasteiger partial charge in [-0.05, 0) is 6.42 Å². The lowest BCUT2D eigenvalue weighted by atomic mass is 10.1. The third kappa shape index (κ3) is 8.47. The molecular formula is C13H24N2O5. The van der Waals surface area contributed by atoms with Crippen molar-refractivity contribution < 1.29 is 24.2 Å². The van der Waals surface area contributed by atoms with Crippen molar-refractivity contribution in [1.29, 1.82) is 0 Å². The molecule has 0 aromatic heterocycles. The first-order valence-electron chi connectivity index (χ1n) is 6.70. The van der Waals surface area contributed by atoms with Crippen molar-refractivity contribution in [3.63, 3.8) is 0 Å². The number of carbonyl (C=O) groups is 3. The number of amides is 2. The van der Waals surface area contributed by atoms with E-state index in [1.54, 1.807) is 20.8 Å². The number of esters is 1. The van der Waals surface area contributed by atoms with Gasteiger partial charge in [0.15, 0.2) is 0 Å². The van der Waals surface area contributed by atoms with Gasteiger partial charge in [0.25, 0.3) is 0 Å². The van der Waals surface area contributed by atoms with Crippen LogP contribution in [0, 0.1) is 11.8 Å². The van der Waals surface area contributed by atoms with E-state index >= 15 is 0 Å². The zero-order chi connectivity index (χ0) is 15.5. The second kappa shape index (κ2) is 10.2. The predicted molar refractivity (Wildman–Crippen MR) is 72.7 cm³/mol. The van der Waals surface area contributed by atoms with Gasteiger partial charge in [-0.25, -0.2) is 0 Å². The Morgan fingerprint density at radius 3 is 2.30 bits per heavy atom. The van der Waals surface area contributed by atoms with Gasteiger partial charge in [0.2, 0.25) is 11.8 Å². The predicted octanol–water partition coefficient (Wildman–Crippen LogP) is -0.563. The van der Waals surface area contributed by atoms with Crippen molar-refractivity contribution in [2.45, 2.75) is 27.2 Å². The summed E-state index contributed by atoms with van der Waals surface area (Å²) in [5.41, 5.74) is 0. The Kier molecular flexibility index (Phi) is 9.36. The minimum atomic E-state index is -0.526. The van der Waals surface area contributed by atoms with E-state index in [9.17, 15) is 14.4 Å². The van der Waals surface area contributed by atoms with Gasteiger partial charge in [0, 0.05) is 18.4 Å². The molecule has 2 amide bonds. The maximum absolute atomic E-state index is 11.4. The fourth-order valence-electron chi connectivity index (χ4n) is 1.25. The van der Waals surface area contributed by atoms with E-state index in [0.717, 1.165) is 0 Å². The van der Waals surface area contributed by atoms with Gasteiger partial charge < -0.3 is 20.5 Å². The lowest BCUT2D eigenvalue weighted by Gasteiger charge is -2.12. The summed E-state index contributed by atoms with van der Waals surface area (Å²) >= 11 is 0. The standard InChI is InChI=1S/C13H24N2O5/c1-9(2)12(18)15-8-11(17)20-7-4-10(3)13(19)14-5-6-16/h9-10,16H,4-8H2,1-3H3,(H,14,19)(H,15,18). The number of aliphatic hydroxyl groups is 1. The molecule has 0 rings (SSSR count). The van der Waals surface area contributed by atoms with E-state index in [4.69, 9.17) is 9.84 Å². The number of hydrogen-bond donors (Lipinski definition) is 3. The molecule has 0 aliphatic carbocycles. The molecule has 7 nitrogen and oxygen atoms in total. The molecule has 1 unspecified atom stereocenters. The molecule has 0 aliphatic rings. The fraction of sp³-hybridized carbons (Fsp3) is 0.769. The molecule has 0 aromatic rings. The average Bonchev–Trinajstić information content (AvgIpc) is 2.41. The first-order chi connectivity index (χ1) is 9.38. The number of aliphatic hydroxyl groups excluding tert-OH is 1. The second-order valence-electron chi connectivity index (χ2n) is 4.80. The van der Waals surface area contributed by atoms with Crippen molar-refractivity contribution in [3.8, 4) is 0 Å². The Balaban J connectivity index is 3.75. The summed E-state index contributed by atoms with van der Waals surface area (Å²) in [5.74, 6) is -1.42. The SMILES string of the molecule is CC(C)C(=O)NCC(=O)OCCC(C)C(=O)NCCO. The van der Waals surface area contributed by atoms with Crippen molar-refractivity contribution in [2.75, 3.05) is 26.3 Å². The Labute approximate surface area is 119 Å². The molecule has 0 aliphatic heterocycles. The Morgan fingerprint density at radius 2 is 1.75 bits per heavy atom. The van der Waals surface area contributed by atoms with E-state index in [1.807, 2.05) is 0 Å². The summed E-state index contributed by atoms with van der Waals surface area (Å²) in [7, 11) is 0. The van der Waals surface area contributed by atoms with E-state index in [1.165, 1.54) is 0 Å². The summed E-state index contributed by atoms with van der Waals surface area (Å²) in [4.78, 5) is 34.0. The number of ether oxygens (including phenoxy) is 1. The van der Waals surface area contributed by atoms with Crippen LogP contribution in [0.3, 0.4) is 0 Å². The topological polar surface area (TPSA) is 105 Å². The summed E-state index contributed by atoms with van der Waals surface area (Å²) in [6.45, 7) is 5.22. The molecular weight excluding hydrogens is 264 g/mol. The molecule has 0 aromatic carbocycles. The molecule has 0 saturated heterocycles. The molecule has 0 radical (unpaired) electrons. The van der Waals surface area contributed by atoms with Crippen LogP contribution in [0.4, 0.5) is 0 Å². The minimum absolute atomic E-state index is 0.108. The van der Waals surface area contributed by atoms with Crippen molar-refractivity contribution in [1.82, 2.24) is 10.6 Å². The third-order valence-electron chi connectivity index (χ3n) is 2.60. The highest BCUT2D eigenvalue weighted by Gasteiger charge is 2.14. The summed E-state index contributed by atoms with van der Waals surface area (Å²) < 4.78 is 4.91. The molecule has 0 heterocycles. The molecule has 1 atom stereocenters. The van der Waals surface area contributed by atoms with Crippen LogP contribution in [0.15, 0.2) is 0 Å². The van der Waals surface area contributed by atoms with E-state index in [0.29, 0.717) is 6.42 Å². The zero-order valence-electron chi connectivity index (χ0n) is 12.3. The lowest BCUT2D eigenvalue weighted by molar-refractivity contribution is -0.145. The largest absolute Gasteiger partial charge is 0.464 e.